The molecular formula is C17H16N4O5. The van der Waals surface area contributed by atoms with Crippen molar-refractivity contribution in [3.63, 3.8) is 0 Å². The molecule has 0 aromatic heterocycles. The lowest BCUT2D eigenvalue weighted by Gasteiger charge is -2.06. The highest BCUT2D eigenvalue weighted by molar-refractivity contribution is 5.86. The molecule has 0 radical (unpaired) electrons. The van der Waals surface area contributed by atoms with Crippen molar-refractivity contribution in [2.24, 2.45) is 5.10 Å². The number of carbonyl (C=O) groups excluding carboxylic acids is 2. The Morgan fingerprint density at radius 1 is 1.12 bits per heavy atom. The van der Waals surface area contributed by atoms with Crippen molar-refractivity contribution in [2.75, 3.05) is 13.2 Å². The zero-order valence-corrected chi connectivity index (χ0v) is 13.6. The lowest BCUT2D eigenvalue weighted by Crippen LogP contribution is -2.37. The highest BCUT2D eigenvalue weighted by Gasteiger charge is 2.06. The van der Waals surface area contributed by atoms with E-state index in [9.17, 15) is 19.7 Å². The second-order valence-corrected chi connectivity index (χ2v) is 5.02. The van der Waals surface area contributed by atoms with Crippen molar-refractivity contribution in [1.82, 2.24) is 10.7 Å². The fourth-order valence-corrected chi connectivity index (χ4v) is 1.83. The molecule has 2 rings (SSSR count). The van der Waals surface area contributed by atoms with Crippen LogP contribution in [0.5, 0.6) is 5.75 Å². The average Bonchev–Trinajstić information content (AvgIpc) is 2.66. The molecule has 0 heterocycles. The lowest BCUT2D eigenvalue weighted by atomic mass is 10.2. The first-order valence-electron chi connectivity index (χ1n) is 7.55. The van der Waals surface area contributed by atoms with E-state index in [0.717, 1.165) is 0 Å². The number of ether oxygens (including phenoxy) is 1. The van der Waals surface area contributed by atoms with Gasteiger partial charge in [0.05, 0.1) is 17.7 Å². The number of nitro groups is 1. The van der Waals surface area contributed by atoms with Gasteiger partial charge in [0.25, 0.3) is 17.5 Å². The normalized spacial score (nSPS) is 10.3. The molecule has 9 heteroatoms. The van der Waals surface area contributed by atoms with Crippen LogP contribution in [0.15, 0.2) is 59.7 Å². The number of hydrogen-bond acceptors (Lipinski definition) is 6. The average molecular weight is 356 g/mol. The molecular weight excluding hydrogens is 340 g/mol. The zero-order chi connectivity index (χ0) is 18.8. The van der Waals surface area contributed by atoms with E-state index in [1.165, 1.54) is 24.4 Å². The molecule has 0 saturated carbocycles. The molecule has 2 aromatic carbocycles. The number of nitrogens with zero attached hydrogens (tertiary/aromatic N) is 2. The maximum absolute atomic E-state index is 11.6. The first-order chi connectivity index (χ1) is 12.5. The second-order valence-electron chi connectivity index (χ2n) is 5.02. The van der Waals surface area contributed by atoms with Gasteiger partial charge in [-0.3, -0.25) is 19.7 Å². The highest BCUT2D eigenvalue weighted by Crippen LogP contribution is 2.11. The molecule has 0 aliphatic carbocycles. The van der Waals surface area contributed by atoms with Gasteiger partial charge in [-0.25, -0.2) is 5.43 Å². The third kappa shape index (κ3) is 6.40. The van der Waals surface area contributed by atoms with Crippen LogP contribution in [0.3, 0.4) is 0 Å². The Morgan fingerprint density at radius 3 is 2.62 bits per heavy atom. The fraction of sp³-hybridized carbons (Fsp3) is 0.118. The van der Waals surface area contributed by atoms with E-state index in [0.29, 0.717) is 11.3 Å². The van der Waals surface area contributed by atoms with Crippen LogP contribution in [0.2, 0.25) is 0 Å². The molecule has 0 atom stereocenters. The minimum Gasteiger partial charge on any atom is -0.484 e. The Balaban J connectivity index is 1.70. The minimum atomic E-state index is -0.542. The molecule has 0 unspecified atom stereocenters. The van der Waals surface area contributed by atoms with Crippen LogP contribution in [-0.4, -0.2) is 36.1 Å². The molecule has 2 amide bonds. The number of nitrogens with one attached hydrogen (secondary N) is 2. The highest BCUT2D eigenvalue weighted by atomic mass is 16.6. The molecule has 0 bridgehead atoms. The largest absolute Gasteiger partial charge is 0.484 e. The summed E-state index contributed by atoms with van der Waals surface area (Å²) >= 11 is 0. The number of rotatable bonds is 8. The third-order valence-electron chi connectivity index (χ3n) is 3.04. The van der Waals surface area contributed by atoms with E-state index in [2.05, 4.69) is 15.8 Å². The van der Waals surface area contributed by atoms with Gasteiger partial charge in [-0.05, 0) is 12.1 Å². The lowest BCUT2D eigenvalue weighted by molar-refractivity contribution is -0.384. The van der Waals surface area contributed by atoms with Crippen LogP contribution < -0.4 is 15.5 Å². The monoisotopic (exact) mass is 356 g/mol. The standard InChI is InChI=1S/C17H16N4O5/c22-16(11-18-17(23)12-26-15-7-2-1-3-8-15)20-19-10-13-5-4-6-14(9-13)21(24)25/h1-10H,11-12H2,(H,18,23)(H,20,22)/b19-10+. The number of amides is 2. The molecule has 0 aliphatic rings. The Hall–Kier alpha value is -3.75. The first kappa shape index (κ1) is 18.6. The van der Waals surface area contributed by atoms with Gasteiger partial charge in [0.15, 0.2) is 6.61 Å². The summed E-state index contributed by atoms with van der Waals surface area (Å²) in [6.45, 7) is -0.489. The summed E-state index contributed by atoms with van der Waals surface area (Å²) in [4.78, 5) is 33.3. The predicted octanol–water partition coefficient (Wildman–Crippen LogP) is 1.24. The van der Waals surface area contributed by atoms with Crippen molar-refractivity contribution in [1.29, 1.82) is 0 Å². The van der Waals surface area contributed by atoms with Crippen molar-refractivity contribution < 1.29 is 19.2 Å². The van der Waals surface area contributed by atoms with Gasteiger partial charge in [-0.15, -0.1) is 0 Å². The van der Waals surface area contributed by atoms with Crippen LogP contribution >= 0.6 is 0 Å². The molecule has 134 valence electrons. The molecule has 0 aliphatic heterocycles. The summed E-state index contributed by atoms with van der Waals surface area (Å²) in [5.41, 5.74) is 2.59. The Labute approximate surface area is 148 Å². The Kier molecular flexibility index (Phi) is 6.81. The van der Waals surface area contributed by atoms with E-state index in [4.69, 9.17) is 4.74 Å². The number of benzene rings is 2. The number of nitro benzene ring substituents is 1. The summed E-state index contributed by atoms with van der Waals surface area (Å²) < 4.78 is 5.24. The maximum atomic E-state index is 11.6. The third-order valence-corrected chi connectivity index (χ3v) is 3.04. The molecule has 9 nitrogen and oxygen atoms in total. The number of non-ortho nitro benzene ring substituents is 1. The molecule has 26 heavy (non-hydrogen) atoms. The minimum absolute atomic E-state index is 0.0778. The molecule has 0 saturated heterocycles. The number of hydrogen-bond donors (Lipinski definition) is 2. The van der Waals surface area contributed by atoms with E-state index in [1.54, 1.807) is 30.3 Å². The summed E-state index contributed by atoms with van der Waals surface area (Å²) in [7, 11) is 0. The van der Waals surface area contributed by atoms with E-state index in [-0.39, 0.29) is 18.8 Å². The van der Waals surface area contributed by atoms with Gasteiger partial charge in [0.2, 0.25) is 0 Å². The van der Waals surface area contributed by atoms with Gasteiger partial charge in [0, 0.05) is 17.7 Å². The van der Waals surface area contributed by atoms with Crippen molar-refractivity contribution in [2.45, 2.75) is 0 Å². The summed E-state index contributed by atoms with van der Waals surface area (Å²) in [6, 6.07) is 14.6. The van der Waals surface area contributed by atoms with E-state index in [1.807, 2.05) is 6.07 Å². The van der Waals surface area contributed by atoms with Gasteiger partial charge in [-0.2, -0.15) is 5.10 Å². The van der Waals surface area contributed by atoms with Gasteiger partial charge in [0.1, 0.15) is 5.75 Å². The SMILES string of the molecule is O=C(COc1ccccc1)NCC(=O)N/N=C/c1cccc([N+](=O)[O-])c1. The second kappa shape index (κ2) is 9.52. The zero-order valence-electron chi connectivity index (χ0n) is 13.6. The molecule has 2 N–H and O–H groups in total. The van der Waals surface area contributed by atoms with E-state index < -0.39 is 16.7 Å². The summed E-state index contributed by atoms with van der Waals surface area (Å²) in [5.74, 6) is -0.444. The topological polar surface area (TPSA) is 123 Å². The molecule has 0 spiro atoms. The van der Waals surface area contributed by atoms with Crippen molar-refractivity contribution in [3.8, 4) is 5.75 Å². The van der Waals surface area contributed by atoms with Crippen LogP contribution in [0.1, 0.15) is 5.56 Å². The molecule has 2 aromatic rings. The van der Waals surface area contributed by atoms with Crippen LogP contribution in [0, 0.1) is 10.1 Å². The van der Waals surface area contributed by atoms with Crippen LogP contribution in [0.4, 0.5) is 5.69 Å². The number of para-hydroxylation sites is 1. The van der Waals surface area contributed by atoms with Crippen LogP contribution in [0.25, 0.3) is 0 Å². The van der Waals surface area contributed by atoms with Crippen molar-refractivity contribution >= 4 is 23.7 Å². The van der Waals surface area contributed by atoms with Crippen molar-refractivity contribution in [3.05, 3.63) is 70.3 Å². The Bertz CT molecular complexity index is 808. The number of carbonyl (C=O) groups is 2. The summed E-state index contributed by atoms with van der Waals surface area (Å²) in [5, 5.41) is 16.7. The van der Waals surface area contributed by atoms with E-state index >= 15 is 0 Å². The van der Waals surface area contributed by atoms with Gasteiger partial charge >= 0.3 is 0 Å². The first-order valence-corrected chi connectivity index (χ1v) is 7.55. The maximum Gasteiger partial charge on any atom is 0.270 e. The molecule has 0 fully saturated rings. The summed E-state index contributed by atoms with van der Waals surface area (Å²) in [6.07, 6.45) is 1.27. The number of hydrazone groups is 1. The van der Waals surface area contributed by atoms with Gasteiger partial charge < -0.3 is 10.1 Å². The van der Waals surface area contributed by atoms with Gasteiger partial charge in [-0.1, -0.05) is 30.3 Å². The quantitative estimate of drug-likeness (QED) is 0.418. The van der Waals surface area contributed by atoms with Crippen LogP contribution in [-0.2, 0) is 9.59 Å². The predicted molar refractivity (Wildman–Crippen MR) is 93.8 cm³/mol. The Morgan fingerprint density at radius 2 is 1.88 bits per heavy atom. The smallest absolute Gasteiger partial charge is 0.270 e. The fourth-order valence-electron chi connectivity index (χ4n) is 1.83.